The second-order valence-electron chi connectivity index (χ2n) is 6.55. The monoisotopic (exact) mass is 252 g/mol. The van der Waals surface area contributed by atoms with E-state index in [0.29, 0.717) is 0 Å². The van der Waals surface area contributed by atoms with Crippen LogP contribution in [0.1, 0.15) is 58.8 Å². The van der Waals surface area contributed by atoms with Gasteiger partial charge in [0.25, 0.3) is 0 Å². The molecule has 2 fully saturated rings. The molecule has 2 aliphatic rings. The predicted octanol–water partition coefficient (Wildman–Crippen LogP) is 3.28. The van der Waals surface area contributed by atoms with Crippen molar-refractivity contribution in [3.8, 4) is 0 Å². The normalized spacial score (nSPS) is 30.3. The topological polar surface area (TPSA) is 15.3 Å². The highest BCUT2D eigenvalue weighted by Gasteiger charge is 2.27. The van der Waals surface area contributed by atoms with Crippen LogP contribution in [-0.4, -0.2) is 37.1 Å². The predicted molar refractivity (Wildman–Crippen MR) is 78.9 cm³/mol. The number of likely N-dealkylation sites (tertiary alicyclic amines) is 1. The summed E-state index contributed by atoms with van der Waals surface area (Å²) in [6, 6.07) is 0.766. The summed E-state index contributed by atoms with van der Waals surface area (Å²) in [4.78, 5) is 2.70. The zero-order valence-corrected chi connectivity index (χ0v) is 12.5. The van der Waals surface area contributed by atoms with Crippen LogP contribution in [-0.2, 0) is 0 Å². The molecule has 2 heteroatoms. The summed E-state index contributed by atoms with van der Waals surface area (Å²) in [6.45, 7) is 9.85. The van der Waals surface area contributed by atoms with Crippen molar-refractivity contribution >= 4 is 0 Å². The Balaban J connectivity index is 1.75. The van der Waals surface area contributed by atoms with Crippen molar-refractivity contribution in [1.29, 1.82) is 0 Å². The molecular formula is C16H32N2. The summed E-state index contributed by atoms with van der Waals surface area (Å²) in [7, 11) is 0. The van der Waals surface area contributed by atoms with Gasteiger partial charge in [-0.1, -0.05) is 26.7 Å². The van der Waals surface area contributed by atoms with E-state index in [1.165, 1.54) is 71.1 Å². The first kappa shape index (κ1) is 14.3. The molecule has 0 amide bonds. The van der Waals surface area contributed by atoms with E-state index in [2.05, 4.69) is 24.1 Å². The van der Waals surface area contributed by atoms with E-state index >= 15 is 0 Å². The number of rotatable bonds is 7. The fraction of sp³-hybridized carbons (Fsp3) is 1.00. The van der Waals surface area contributed by atoms with Gasteiger partial charge in [-0.15, -0.1) is 0 Å². The minimum Gasteiger partial charge on any atom is -0.312 e. The lowest BCUT2D eigenvalue weighted by molar-refractivity contribution is 0.129. The zero-order valence-electron chi connectivity index (χ0n) is 12.5. The summed E-state index contributed by atoms with van der Waals surface area (Å²) in [5, 5.41) is 3.86. The lowest BCUT2D eigenvalue weighted by Gasteiger charge is -2.39. The van der Waals surface area contributed by atoms with Crippen LogP contribution in [0.25, 0.3) is 0 Å². The largest absolute Gasteiger partial charge is 0.312 e. The maximum atomic E-state index is 3.86. The van der Waals surface area contributed by atoms with Crippen molar-refractivity contribution in [3.63, 3.8) is 0 Å². The van der Waals surface area contributed by atoms with E-state index in [0.717, 1.165) is 17.9 Å². The van der Waals surface area contributed by atoms with Crippen LogP contribution in [0.4, 0.5) is 0 Å². The highest BCUT2D eigenvalue weighted by molar-refractivity contribution is 4.84. The van der Waals surface area contributed by atoms with E-state index in [1.807, 2.05) is 0 Å². The lowest BCUT2D eigenvalue weighted by Crippen LogP contribution is -2.50. The number of piperidine rings is 1. The molecule has 106 valence electrons. The van der Waals surface area contributed by atoms with Crippen molar-refractivity contribution < 1.29 is 0 Å². The average molecular weight is 252 g/mol. The smallest absolute Gasteiger partial charge is 0.0198 e. The summed E-state index contributed by atoms with van der Waals surface area (Å²) >= 11 is 0. The van der Waals surface area contributed by atoms with Gasteiger partial charge in [-0.3, -0.25) is 0 Å². The van der Waals surface area contributed by atoms with Gasteiger partial charge in [0.1, 0.15) is 0 Å². The number of hydrogen-bond acceptors (Lipinski definition) is 2. The van der Waals surface area contributed by atoms with Gasteiger partial charge >= 0.3 is 0 Å². The second kappa shape index (κ2) is 7.49. The Labute approximate surface area is 114 Å². The Morgan fingerprint density at radius 3 is 2.50 bits per heavy atom. The van der Waals surface area contributed by atoms with Crippen LogP contribution in [0.15, 0.2) is 0 Å². The quantitative estimate of drug-likeness (QED) is 0.748. The van der Waals surface area contributed by atoms with E-state index in [9.17, 15) is 0 Å². The standard InChI is InChI=1S/C16H32N2/c1-3-6-15-10-16(13-18(12-15)9-4-2)17-11-14-7-5-8-14/h14-17H,3-13H2,1-2H3. The Morgan fingerprint density at radius 2 is 1.89 bits per heavy atom. The molecule has 0 aromatic carbocycles. The first-order chi connectivity index (χ1) is 8.81. The van der Waals surface area contributed by atoms with Crippen LogP contribution in [0.3, 0.4) is 0 Å². The molecule has 18 heavy (non-hydrogen) atoms. The van der Waals surface area contributed by atoms with Gasteiger partial charge in [0.2, 0.25) is 0 Å². The molecule has 2 atom stereocenters. The maximum Gasteiger partial charge on any atom is 0.0198 e. The third-order valence-corrected chi connectivity index (χ3v) is 4.77. The minimum atomic E-state index is 0.766. The van der Waals surface area contributed by atoms with Gasteiger partial charge in [0.05, 0.1) is 0 Å². The molecule has 0 radical (unpaired) electrons. The Morgan fingerprint density at radius 1 is 1.06 bits per heavy atom. The Bertz CT molecular complexity index is 211. The number of nitrogens with one attached hydrogen (secondary N) is 1. The van der Waals surface area contributed by atoms with Crippen molar-refractivity contribution in [2.75, 3.05) is 26.2 Å². The van der Waals surface area contributed by atoms with Crippen LogP contribution in [0, 0.1) is 11.8 Å². The molecule has 0 spiro atoms. The molecular weight excluding hydrogens is 220 g/mol. The van der Waals surface area contributed by atoms with Gasteiger partial charge < -0.3 is 10.2 Å². The van der Waals surface area contributed by atoms with E-state index in [1.54, 1.807) is 0 Å². The van der Waals surface area contributed by atoms with Gasteiger partial charge in [-0.25, -0.2) is 0 Å². The Hall–Kier alpha value is -0.0800. The van der Waals surface area contributed by atoms with Gasteiger partial charge in [0.15, 0.2) is 0 Å². The fourth-order valence-electron chi connectivity index (χ4n) is 3.60. The van der Waals surface area contributed by atoms with Crippen LogP contribution >= 0.6 is 0 Å². The molecule has 2 unspecified atom stereocenters. The maximum absolute atomic E-state index is 3.86. The SMILES string of the molecule is CCCC1CC(NCC2CCC2)CN(CCC)C1. The summed E-state index contributed by atoms with van der Waals surface area (Å²) in [6.07, 6.45) is 9.89. The first-order valence-corrected chi connectivity index (χ1v) is 8.27. The van der Waals surface area contributed by atoms with E-state index < -0.39 is 0 Å². The fourth-order valence-corrected chi connectivity index (χ4v) is 3.60. The third kappa shape index (κ3) is 4.24. The van der Waals surface area contributed by atoms with Gasteiger partial charge in [0, 0.05) is 19.1 Å². The third-order valence-electron chi connectivity index (χ3n) is 4.77. The molecule has 1 saturated carbocycles. The molecule has 1 aliphatic carbocycles. The zero-order chi connectivity index (χ0) is 12.8. The van der Waals surface area contributed by atoms with Crippen LogP contribution in [0.2, 0.25) is 0 Å². The molecule has 0 aromatic heterocycles. The summed E-state index contributed by atoms with van der Waals surface area (Å²) in [5.74, 6) is 1.94. The molecule has 1 heterocycles. The molecule has 1 N–H and O–H groups in total. The molecule has 1 saturated heterocycles. The Kier molecular flexibility index (Phi) is 5.97. The first-order valence-electron chi connectivity index (χ1n) is 8.27. The molecule has 1 aliphatic heterocycles. The van der Waals surface area contributed by atoms with Crippen LogP contribution < -0.4 is 5.32 Å². The van der Waals surface area contributed by atoms with E-state index in [-0.39, 0.29) is 0 Å². The van der Waals surface area contributed by atoms with E-state index in [4.69, 9.17) is 0 Å². The molecule has 2 rings (SSSR count). The molecule has 2 nitrogen and oxygen atoms in total. The highest BCUT2D eigenvalue weighted by Crippen LogP contribution is 2.26. The summed E-state index contributed by atoms with van der Waals surface area (Å²) < 4.78 is 0. The molecule has 0 bridgehead atoms. The second-order valence-corrected chi connectivity index (χ2v) is 6.55. The summed E-state index contributed by atoms with van der Waals surface area (Å²) in [5.41, 5.74) is 0. The van der Waals surface area contributed by atoms with Crippen molar-refractivity contribution in [2.24, 2.45) is 11.8 Å². The van der Waals surface area contributed by atoms with Crippen LogP contribution in [0.5, 0.6) is 0 Å². The minimum absolute atomic E-state index is 0.766. The average Bonchev–Trinajstić information content (AvgIpc) is 2.27. The van der Waals surface area contributed by atoms with Crippen molar-refractivity contribution in [1.82, 2.24) is 10.2 Å². The lowest BCUT2D eigenvalue weighted by atomic mass is 9.84. The number of nitrogens with zero attached hydrogens (tertiary/aromatic N) is 1. The number of hydrogen-bond donors (Lipinski definition) is 1. The molecule has 0 aromatic rings. The van der Waals surface area contributed by atoms with Crippen molar-refractivity contribution in [2.45, 2.75) is 64.8 Å². The van der Waals surface area contributed by atoms with Crippen molar-refractivity contribution in [3.05, 3.63) is 0 Å². The highest BCUT2D eigenvalue weighted by atomic mass is 15.2. The van der Waals surface area contributed by atoms with Gasteiger partial charge in [-0.05, 0) is 57.0 Å². The van der Waals surface area contributed by atoms with Gasteiger partial charge in [-0.2, -0.15) is 0 Å².